The van der Waals surface area contributed by atoms with E-state index in [1.807, 2.05) is 20.8 Å². The largest absolute Gasteiger partial charge is 0.465 e. The molecule has 5 nitrogen and oxygen atoms in total. The zero-order valence-corrected chi connectivity index (χ0v) is 10.3. The molecule has 0 aromatic carbocycles. The van der Waals surface area contributed by atoms with Gasteiger partial charge in [0.05, 0.1) is 12.1 Å². The zero-order valence-electron chi connectivity index (χ0n) is 10.3. The highest BCUT2D eigenvalue weighted by atomic mass is 16.4. The number of carboxylic acid groups (broad SMARTS) is 1. The summed E-state index contributed by atoms with van der Waals surface area (Å²) in [6, 6.07) is 0. The molecule has 0 atom stereocenters. The number of nitrogens with zero attached hydrogens (tertiary/aromatic N) is 1. The molecule has 0 radical (unpaired) electrons. The molecule has 0 spiro atoms. The minimum atomic E-state index is -0.955. The zero-order chi connectivity index (χ0) is 12.4. The van der Waals surface area contributed by atoms with E-state index in [4.69, 9.17) is 0 Å². The van der Waals surface area contributed by atoms with E-state index in [-0.39, 0.29) is 6.61 Å². The van der Waals surface area contributed by atoms with Crippen LogP contribution in [0, 0.1) is 0 Å². The van der Waals surface area contributed by atoms with Gasteiger partial charge in [0, 0.05) is 5.54 Å². The molecule has 1 rings (SSSR count). The lowest BCUT2D eigenvalue weighted by Crippen LogP contribution is -2.64. The van der Waals surface area contributed by atoms with Crippen LogP contribution in [-0.4, -0.2) is 52.0 Å². The molecule has 16 heavy (non-hydrogen) atoms. The highest BCUT2D eigenvalue weighted by Gasteiger charge is 2.45. The molecule has 1 saturated heterocycles. The fourth-order valence-electron chi connectivity index (χ4n) is 2.55. The fourth-order valence-corrected chi connectivity index (χ4v) is 2.55. The topological polar surface area (TPSA) is 72.8 Å². The minimum Gasteiger partial charge on any atom is -0.465 e. The number of aliphatic hydroxyl groups is 1. The van der Waals surface area contributed by atoms with Gasteiger partial charge in [-0.2, -0.15) is 0 Å². The maximum Gasteiger partial charge on any atom is 0.408 e. The second-order valence-corrected chi connectivity index (χ2v) is 5.42. The summed E-state index contributed by atoms with van der Waals surface area (Å²) >= 11 is 0. The Morgan fingerprint density at radius 3 is 2.19 bits per heavy atom. The summed E-state index contributed by atoms with van der Waals surface area (Å²) < 4.78 is 0. The molecule has 0 saturated carbocycles. The van der Waals surface area contributed by atoms with Crippen LogP contribution in [-0.2, 0) is 0 Å². The van der Waals surface area contributed by atoms with Gasteiger partial charge in [-0.1, -0.05) is 0 Å². The molecule has 0 unspecified atom stereocenters. The second kappa shape index (κ2) is 4.59. The summed E-state index contributed by atoms with van der Waals surface area (Å²) in [6.45, 7) is 6.97. The molecule has 1 fully saturated rings. The van der Waals surface area contributed by atoms with E-state index >= 15 is 0 Å². The Hall–Kier alpha value is -0.810. The van der Waals surface area contributed by atoms with E-state index in [0.717, 1.165) is 13.1 Å². The van der Waals surface area contributed by atoms with E-state index in [0.29, 0.717) is 12.8 Å². The first-order valence-corrected chi connectivity index (χ1v) is 5.68. The van der Waals surface area contributed by atoms with Gasteiger partial charge in [-0.3, -0.25) is 4.90 Å². The van der Waals surface area contributed by atoms with Gasteiger partial charge in [-0.25, -0.2) is 4.79 Å². The molecule has 0 aromatic rings. The Balaban J connectivity index is 3.02. The first-order chi connectivity index (χ1) is 7.33. The van der Waals surface area contributed by atoms with Crippen molar-refractivity contribution in [1.82, 2.24) is 10.2 Å². The SMILES string of the molecule is CC(C)(C)N(C(=O)O)C1(CO)CCNCC1. The molecule has 1 aliphatic heterocycles. The average Bonchev–Trinajstić information content (AvgIpc) is 2.16. The molecule has 0 aliphatic carbocycles. The van der Waals surface area contributed by atoms with E-state index in [1.54, 1.807) is 0 Å². The van der Waals surface area contributed by atoms with Gasteiger partial charge in [0.15, 0.2) is 0 Å². The number of nitrogens with one attached hydrogen (secondary N) is 1. The Labute approximate surface area is 96.4 Å². The Morgan fingerprint density at radius 2 is 1.88 bits per heavy atom. The molecular weight excluding hydrogens is 208 g/mol. The number of aliphatic hydroxyl groups excluding tert-OH is 1. The predicted octanol–water partition coefficient (Wildman–Crippen LogP) is 0.879. The molecule has 1 heterocycles. The van der Waals surface area contributed by atoms with Crippen molar-refractivity contribution in [2.75, 3.05) is 19.7 Å². The standard InChI is InChI=1S/C11H22N2O3/c1-10(2,3)13(9(15)16)11(8-14)4-6-12-7-5-11/h12,14H,4-8H2,1-3H3,(H,15,16). The summed E-state index contributed by atoms with van der Waals surface area (Å²) in [5.74, 6) is 0. The Bertz CT molecular complexity index is 254. The third-order valence-electron chi connectivity index (χ3n) is 3.17. The average molecular weight is 230 g/mol. The monoisotopic (exact) mass is 230 g/mol. The third-order valence-corrected chi connectivity index (χ3v) is 3.17. The van der Waals surface area contributed by atoms with Crippen LogP contribution in [0.1, 0.15) is 33.6 Å². The second-order valence-electron chi connectivity index (χ2n) is 5.42. The van der Waals surface area contributed by atoms with Gasteiger partial charge in [0.25, 0.3) is 0 Å². The molecule has 3 N–H and O–H groups in total. The molecule has 0 bridgehead atoms. The normalized spacial score (nSPS) is 20.5. The fraction of sp³-hybridized carbons (Fsp3) is 0.909. The first-order valence-electron chi connectivity index (χ1n) is 5.68. The van der Waals surface area contributed by atoms with Crippen molar-refractivity contribution in [3.63, 3.8) is 0 Å². The van der Waals surface area contributed by atoms with Crippen molar-refractivity contribution in [2.24, 2.45) is 0 Å². The van der Waals surface area contributed by atoms with Crippen LogP contribution in [0.2, 0.25) is 0 Å². The smallest absolute Gasteiger partial charge is 0.408 e. The Kier molecular flexibility index (Phi) is 3.80. The number of piperidine rings is 1. The Morgan fingerprint density at radius 1 is 1.38 bits per heavy atom. The van der Waals surface area contributed by atoms with Gasteiger partial charge in [0.2, 0.25) is 0 Å². The highest BCUT2D eigenvalue weighted by molar-refractivity contribution is 5.67. The van der Waals surface area contributed by atoms with E-state index in [9.17, 15) is 15.0 Å². The van der Waals surface area contributed by atoms with Crippen LogP contribution in [0.4, 0.5) is 4.79 Å². The van der Waals surface area contributed by atoms with Crippen LogP contribution < -0.4 is 5.32 Å². The number of rotatable bonds is 2. The van der Waals surface area contributed by atoms with Crippen LogP contribution in [0.3, 0.4) is 0 Å². The van der Waals surface area contributed by atoms with Crippen LogP contribution in [0.25, 0.3) is 0 Å². The number of hydrogen-bond acceptors (Lipinski definition) is 3. The summed E-state index contributed by atoms with van der Waals surface area (Å²) in [5, 5.41) is 22.1. The molecule has 0 aromatic heterocycles. The van der Waals surface area contributed by atoms with Crippen LogP contribution in [0.15, 0.2) is 0 Å². The molecule has 94 valence electrons. The van der Waals surface area contributed by atoms with Gasteiger partial charge in [0.1, 0.15) is 0 Å². The van der Waals surface area contributed by atoms with Crippen molar-refractivity contribution >= 4 is 6.09 Å². The minimum absolute atomic E-state index is 0.113. The van der Waals surface area contributed by atoms with Gasteiger partial charge < -0.3 is 15.5 Å². The third kappa shape index (κ3) is 2.47. The molecule has 1 aliphatic rings. The summed E-state index contributed by atoms with van der Waals surface area (Å²) in [4.78, 5) is 12.8. The predicted molar refractivity (Wildman–Crippen MR) is 61.5 cm³/mol. The van der Waals surface area contributed by atoms with Gasteiger partial charge >= 0.3 is 6.09 Å². The van der Waals surface area contributed by atoms with Crippen molar-refractivity contribution in [1.29, 1.82) is 0 Å². The van der Waals surface area contributed by atoms with Crippen molar-refractivity contribution in [2.45, 2.75) is 44.7 Å². The van der Waals surface area contributed by atoms with E-state index in [2.05, 4.69) is 5.32 Å². The van der Waals surface area contributed by atoms with Crippen LogP contribution >= 0.6 is 0 Å². The summed E-state index contributed by atoms with van der Waals surface area (Å²) in [6.07, 6.45) is 0.364. The maximum atomic E-state index is 11.4. The quantitative estimate of drug-likeness (QED) is 0.658. The lowest BCUT2D eigenvalue weighted by molar-refractivity contribution is -0.0322. The van der Waals surface area contributed by atoms with Gasteiger partial charge in [-0.15, -0.1) is 0 Å². The van der Waals surface area contributed by atoms with Crippen LogP contribution in [0.5, 0.6) is 0 Å². The summed E-state index contributed by atoms with van der Waals surface area (Å²) in [7, 11) is 0. The first kappa shape index (κ1) is 13.3. The van der Waals surface area contributed by atoms with E-state index in [1.165, 1.54) is 4.90 Å². The summed E-state index contributed by atoms with van der Waals surface area (Å²) in [5.41, 5.74) is -1.12. The van der Waals surface area contributed by atoms with Gasteiger partial charge in [-0.05, 0) is 46.7 Å². The highest BCUT2D eigenvalue weighted by Crippen LogP contribution is 2.32. The number of hydrogen-bond donors (Lipinski definition) is 3. The lowest BCUT2D eigenvalue weighted by Gasteiger charge is -2.50. The molecule has 1 amide bonds. The van der Waals surface area contributed by atoms with Crippen molar-refractivity contribution in [3.8, 4) is 0 Å². The maximum absolute atomic E-state index is 11.4. The van der Waals surface area contributed by atoms with E-state index < -0.39 is 17.2 Å². The van der Waals surface area contributed by atoms with Crippen molar-refractivity contribution < 1.29 is 15.0 Å². The van der Waals surface area contributed by atoms with Crippen molar-refractivity contribution in [3.05, 3.63) is 0 Å². The molecule has 5 heteroatoms. The number of carbonyl (C=O) groups is 1. The lowest BCUT2D eigenvalue weighted by atomic mass is 9.84. The number of amides is 1. The molecular formula is C11H22N2O3.